The summed E-state index contributed by atoms with van der Waals surface area (Å²) in [4.78, 5) is 8.50. The topological polar surface area (TPSA) is 286 Å². The fraction of sp³-hybridized carbons (Fsp3) is 0.261. The van der Waals surface area contributed by atoms with Crippen LogP contribution in [0.3, 0.4) is 0 Å². The number of phenolic OH excluding ortho intramolecular Hbond substituents is 1. The number of hydrogen-bond donors (Lipinski definition) is 4. The Bertz CT molecular complexity index is 1820. The van der Waals surface area contributed by atoms with Crippen molar-refractivity contribution in [1.29, 1.82) is 0 Å². The number of fused-ring (bicyclic) bond motifs is 1. The van der Waals surface area contributed by atoms with E-state index in [1.807, 2.05) is 4.72 Å². The summed E-state index contributed by atoms with van der Waals surface area (Å²) in [5, 5.41) is 32.0. The van der Waals surface area contributed by atoms with E-state index in [-0.39, 0.29) is 33.1 Å². The van der Waals surface area contributed by atoms with Gasteiger partial charge in [-0.2, -0.15) is 28.9 Å². The van der Waals surface area contributed by atoms with Crippen LogP contribution in [-0.4, -0.2) is 57.5 Å². The molecule has 42 heavy (non-hydrogen) atoms. The molecule has 19 heteroatoms. The molecule has 4 rings (SSSR count). The van der Waals surface area contributed by atoms with Crippen molar-refractivity contribution in [2.75, 3.05) is 4.72 Å². The molecule has 0 bridgehead atoms. The molecular weight excluding hydrogens is 802 g/mol. The predicted molar refractivity (Wildman–Crippen MR) is 141 cm³/mol. The minimum atomic E-state index is -4.98. The Morgan fingerprint density at radius 3 is 1.79 bits per heavy atom. The Morgan fingerprint density at radius 2 is 1.33 bits per heavy atom. The number of aromatic carboxylic acids is 1. The molecule has 0 amide bonds. The number of carboxylic acids is 1. The first-order valence-corrected chi connectivity index (χ1v) is 15.9. The van der Waals surface area contributed by atoms with Gasteiger partial charge in [-0.1, -0.05) is 37.5 Å². The number of sulfonamides is 1. The molecule has 0 aromatic heterocycles. The van der Waals surface area contributed by atoms with Gasteiger partial charge in [0.1, 0.15) is 5.75 Å². The van der Waals surface area contributed by atoms with Crippen molar-refractivity contribution in [3.05, 3.63) is 59.5 Å². The van der Waals surface area contributed by atoms with Crippen LogP contribution in [0.2, 0.25) is 0 Å². The van der Waals surface area contributed by atoms with E-state index in [4.69, 9.17) is 11.5 Å². The molecule has 1 aliphatic carbocycles. The molecule has 1 saturated carbocycles. The zero-order chi connectivity index (χ0) is 30.9. The molecule has 0 heterocycles. The van der Waals surface area contributed by atoms with Gasteiger partial charge in [-0.15, -0.1) is 0 Å². The van der Waals surface area contributed by atoms with Gasteiger partial charge in [-0.05, 0) is 41.3 Å². The van der Waals surface area contributed by atoms with Crippen LogP contribution in [0.5, 0.6) is 11.5 Å². The number of phenols is 1. The molecule has 230 valence electrons. The quantitative estimate of drug-likeness (QED) is 0.258. The van der Waals surface area contributed by atoms with Gasteiger partial charge < -0.3 is 31.6 Å². The van der Waals surface area contributed by atoms with E-state index in [0.29, 0.717) is 36.4 Å². The zero-order valence-electron chi connectivity index (χ0n) is 21.1. The van der Waals surface area contributed by atoms with Crippen molar-refractivity contribution in [3.63, 3.8) is 0 Å². The third-order valence-electron chi connectivity index (χ3n) is 6.06. The first-order chi connectivity index (χ1) is 18.8. The first-order valence-electron chi connectivity index (χ1n) is 11.5. The van der Waals surface area contributed by atoms with Gasteiger partial charge in [0.15, 0.2) is 0 Å². The summed E-state index contributed by atoms with van der Waals surface area (Å²) in [6.45, 7) is 0. The average molecular weight is 825 g/mol. The van der Waals surface area contributed by atoms with Gasteiger partial charge in [-0.25, -0.2) is 8.42 Å². The molecular formula is C23H23N3O12PtS3. The summed E-state index contributed by atoms with van der Waals surface area (Å²) in [5.74, 6) is -3.89. The van der Waals surface area contributed by atoms with Crippen LogP contribution >= 0.6 is 0 Å². The van der Waals surface area contributed by atoms with Crippen molar-refractivity contribution in [1.82, 2.24) is 0 Å². The van der Waals surface area contributed by atoms with E-state index in [2.05, 4.69) is 0 Å². The molecule has 3 aromatic rings. The van der Waals surface area contributed by atoms with Crippen LogP contribution < -0.4 is 14.9 Å². The molecule has 2 unspecified atom stereocenters. The minimum absolute atomic E-state index is 0. The number of nitrogens with one attached hydrogen (secondary N) is 3. The predicted octanol–water partition coefficient (Wildman–Crippen LogP) is 1.68. The van der Waals surface area contributed by atoms with Gasteiger partial charge in [0.05, 0.1) is 26.3 Å². The summed E-state index contributed by atoms with van der Waals surface area (Å²) in [7, 11) is -14.6. The number of carbonyl (C=O) groups excluding carboxylic acids is 1. The molecule has 1 fully saturated rings. The van der Waals surface area contributed by atoms with Crippen molar-refractivity contribution < 1.29 is 75.5 Å². The zero-order valence-corrected chi connectivity index (χ0v) is 25.8. The van der Waals surface area contributed by atoms with E-state index in [9.17, 15) is 54.5 Å². The Labute approximate surface area is 255 Å². The van der Waals surface area contributed by atoms with E-state index in [0.717, 1.165) is 18.9 Å². The van der Waals surface area contributed by atoms with Gasteiger partial charge in [0.25, 0.3) is 30.3 Å². The average Bonchev–Trinajstić information content (AvgIpc) is 2.84. The van der Waals surface area contributed by atoms with Crippen LogP contribution in [0.1, 0.15) is 36.0 Å². The third-order valence-corrected chi connectivity index (χ3v) is 9.09. The van der Waals surface area contributed by atoms with Crippen LogP contribution in [0.25, 0.3) is 22.2 Å². The normalized spacial score (nSPS) is 17.4. The molecule has 6 N–H and O–H groups in total. The molecule has 0 spiro atoms. The van der Waals surface area contributed by atoms with Gasteiger partial charge >= 0.3 is 21.1 Å². The molecule has 0 aliphatic heterocycles. The second-order valence-corrected chi connectivity index (χ2v) is 13.5. The van der Waals surface area contributed by atoms with E-state index in [1.54, 1.807) is 0 Å². The number of anilines is 1. The first kappa shape index (κ1) is 35.4. The van der Waals surface area contributed by atoms with Crippen molar-refractivity contribution >= 4 is 52.7 Å². The molecule has 0 saturated heterocycles. The van der Waals surface area contributed by atoms with Crippen LogP contribution in [0.15, 0.2) is 57.2 Å². The van der Waals surface area contributed by atoms with E-state index in [1.165, 1.54) is 12.8 Å². The van der Waals surface area contributed by atoms with Gasteiger partial charge in [0, 0.05) is 11.5 Å². The van der Waals surface area contributed by atoms with Crippen LogP contribution in [-0.2, 0) is 51.3 Å². The molecule has 1 aliphatic rings. The summed E-state index contributed by atoms with van der Waals surface area (Å²) in [5.41, 5.74) is 12.9. The minimum Gasteiger partial charge on any atom is -0.872 e. The van der Waals surface area contributed by atoms with Gasteiger partial charge in [0.2, 0.25) is 0 Å². The maximum Gasteiger partial charge on any atom is 4.00 e. The molecule has 3 aromatic carbocycles. The molecule has 0 radical (unpaired) electrons. The molecule has 15 nitrogen and oxygen atoms in total. The molecule has 2 atom stereocenters. The van der Waals surface area contributed by atoms with Crippen LogP contribution in [0.4, 0.5) is 5.69 Å². The van der Waals surface area contributed by atoms with Crippen molar-refractivity contribution in [2.24, 2.45) is 0 Å². The SMILES string of the molecule is O=C([O-])c1cc(S(=O)(=O)Nc2cc(S(=O)(=O)O)cc3cc(S(=O)(=O)O)cc(O)c23)ccc1[O-].[NH-]C1CCCCC1[NH-].[Pt+4]. The smallest absolute Gasteiger partial charge is 0.872 e. The Hall–Kier alpha value is -2.83. The van der Waals surface area contributed by atoms with Gasteiger partial charge in [-0.3, -0.25) is 13.8 Å². The number of carboxylic acid groups (broad SMARTS) is 1. The second-order valence-electron chi connectivity index (χ2n) is 9.01. The monoisotopic (exact) mass is 824 g/mol. The van der Waals surface area contributed by atoms with Crippen molar-refractivity contribution in [2.45, 2.75) is 52.5 Å². The maximum absolute atomic E-state index is 12.8. The number of benzene rings is 3. The fourth-order valence-corrected chi connectivity index (χ4v) is 6.15. The Balaban J connectivity index is 0.000000591. The summed E-state index contributed by atoms with van der Waals surface area (Å²) < 4.78 is 92.1. The second kappa shape index (κ2) is 13.2. The van der Waals surface area contributed by atoms with E-state index >= 15 is 0 Å². The fourth-order valence-electron chi connectivity index (χ4n) is 3.99. The number of aromatic hydroxyl groups is 1. The third kappa shape index (κ3) is 8.38. The standard InChI is InChI=1S/C17H13NO12S3.C6H12N2.Pt/c19-14-2-1-9(5-12(14)17(21)22)31(23,24)18-13-6-10(32(25,26)27)3-8-4-11(33(28,29)30)7-15(20)16(8)13;7-5-3-1-2-4-6(5)8;/h1-7,18-20H,(H,21,22)(H,25,26,27)(H,28,29,30);5-8H,1-4H2;/q;-2;+4/p-2. The largest absolute Gasteiger partial charge is 4.00 e. The summed E-state index contributed by atoms with van der Waals surface area (Å²) >= 11 is 0. The van der Waals surface area contributed by atoms with Crippen molar-refractivity contribution in [3.8, 4) is 11.5 Å². The number of hydrogen-bond acceptors (Lipinski definition) is 10. The summed E-state index contributed by atoms with van der Waals surface area (Å²) in [6.07, 6.45) is 4.25. The number of carbonyl (C=O) groups is 1. The summed E-state index contributed by atoms with van der Waals surface area (Å²) in [6, 6.07) is 4.30. The maximum atomic E-state index is 12.8. The Morgan fingerprint density at radius 1 is 0.833 bits per heavy atom. The number of rotatable bonds is 6. The van der Waals surface area contributed by atoms with Crippen LogP contribution in [0, 0.1) is 0 Å². The van der Waals surface area contributed by atoms with E-state index < -0.39 is 84.4 Å². The Kier molecular flexibility index (Phi) is 11.1.